The number of fused-ring (bicyclic) bond motifs is 1. The van der Waals surface area contributed by atoms with Crippen molar-refractivity contribution in [1.82, 2.24) is 0 Å². The summed E-state index contributed by atoms with van der Waals surface area (Å²) in [7, 11) is 0. The van der Waals surface area contributed by atoms with Gasteiger partial charge in [-0.3, -0.25) is 9.59 Å². The fourth-order valence-electron chi connectivity index (χ4n) is 2.82. The van der Waals surface area contributed by atoms with Crippen molar-refractivity contribution in [3.8, 4) is 0 Å². The van der Waals surface area contributed by atoms with Gasteiger partial charge in [-0.05, 0) is 60.7 Å². The van der Waals surface area contributed by atoms with Crippen LogP contribution < -0.4 is 10.6 Å². The molecule has 2 amide bonds. The molecule has 1 heterocycles. The second-order valence-electron chi connectivity index (χ2n) is 6.12. The molecule has 0 aromatic heterocycles. The van der Waals surface area contributed by atoms with Crippen LogP contribution >= 0.6 is 15.9 Å². The van der Waals surface area contributed by atoms with E-state index in [0.29, 0.717) is 33.9 Å². The number of nitrogens with one attached hydrogen (secondary N) is 2. The number of carbonyl (C=O) groups is 2. The van der Waals surface area contributed by atoms with Gasteiger partial charge in [0.15, 0.2) is 0 Å². The minimum absolute atomic E-state index is 0.283. The summed E-state index contributed by atoms with van der Waals surface area (Å²) in [5.41, 5.74) is 3.09. The second kappa shape index (κ2) is 7.36. The van der Waals surface area contributed by atoms with Crippen LogP contribution in [-0.2, 0) is 4.79 Å². The summed E-state index contributed by atoms with van der Waals surface area (Å²) in [4.78, 5) is 29.0. The molecular weight excluding hydrogens is 425 g/mol. The summed E-state index contributed by atoms with van der Waals surface area (Å²) >= 11 is 3.40. The van der Waals surface area contributed by atoms with E-state index in [1.165, 1.54) is 24.3 Å². The molecule has 0 radical (unpaired) electrons. The zero-order chi connectivity index (χ0) is 19.7. The highest BCUT2D eigenvalue weighted by molar-refractivity contribution is 9.10. The van der Waals surface area contributed by atoms with Gasteiger partial charge >= 0.3 is 0 Å². The number of hydrogen-bond acceptors (Lipinski definition) is 3. The van der Waals surface area contributed by atoms with Crippen LogP contribution in [0.1, 0.15) is 15.9 Å². The molecule has 4 rings (SSSR count). The van der Waals surface area contributed by atoms with Crippen molar-refractivity contribution in [3.63, 3.8) is 0 Å². The first-order chi connectivity index (χ1) is 13.5. The molecule has 0 bridgehead atoms. The first-order valence-corrected chi connectivity index (χ1v) is 9.16. The summed E-state index contributed by atoms with van der Waals surface area (Å²) in [6, 6.07) is 17.6. The van der Waals surface area contributed by atoms with Crippen LogP contribution in [-0.4, -0.2) is 17.5 Å². The monoisotopic (exact) mass is 437 g/mol. The molecule has 0 fully saturated rings. The van der Waals surface area contributed by atoms with Crippen LogP contribution in [0.5, 0.6) is 0 Å². The zero-order valence-electron chi connectivity index (χ0n) is 14.4. The van der Waals surface area contributed by atoms with Crippen molar-refractivity contribution in [2.45, 2.75) is 0 Å². The minimum Gasteiger partial charge on any atom is -0.322 e. The maximum Gasteiger partial charge on any atom is 0.275 e. The summed E-state index contributed by atoms with van der Waals surface area (Å²) in [5.74, 6) is -1.05. The molecule has 0 saturated heterocycles. The molecule has 7 heteroatoms. The quantitative estimate of drug-likeness (QED) is 0.610. The van der Waals surface area contributed by atoms with E-state index in [2.05, 4.69) is 31.6 Å². The lowest BCUT2D eigenvalue weighted by Crippen LogP contribution is -2.14. The predicted octanol–water partition coefficient (Wildman–Crippen LogP) is 4.91. The number of aliphatic imine (C=N–C) groups is 1. The third-order valence-electron chi connectivity index (χ3n) is 4.15. The summed E-state index contributed by atoms with van der Waals surface area (Å²) in [6.45, 7) is 0. The van der Waals surface area contributed by atoms with Gasteiger partial charge < -0.3 is 10.6 Å². The third-order valence-corrected chi connectivity index (χ3v) is 4.64. The molecule has 0 spiro atoms. The number of halogens is 2. The highest BCUT2D eigenvalue weighted by Crippen LogP contribution is 2.29. The van der Waals surface area contributed by atoms with E-state index in [9.17, 15) is 14.0 Å². The number of rotatable bonds is 3. The maximum absolute atomic E-state index is 13.0. The van der Waals surface area contributed by atoms with Gasteiger partial charge in [0.05, 0.1) is 11.4 Å². The molecule has 0 aliphatic carbocycles. The lowest BCUT2D eigenvalue weighted by atomic mass is 10.1. The Labute approximate surface area is 168 Å². The van der Waals surface area contributed by atoms with Gasteiger partial charge in [0.2, 0.25) is 0 Å². The number of hydrogen-bond donors (Lipinski definition) is 2. The Balaban J connectivity index is 1.60. The van der Waals surface area contributed by atoms with Gasteiger partial charge in [-0.25, -0.2) is 9.38 Å². The standard InChI is InChI=1S/C21H13BrFN3O2/c22-13-6-9-18-17(10-13)19(21(28)26-18)24-15-2-1-3-16(11-15)25-20(27)12-4-7-14(23)8-5-12/h1-11H,(H,25,27)(H,24,26,28). The SMILES string of the molecule is O=C1Nc2ccc(Br)cc2C1=Nc1cccc(NC(=O)c2ccc(F)cc2)c1. The maximum atomic E-state index is 13.0. The van der Waals surface area contributed by atoms with Crippen molar-refractivity contribution in [2.24, 2.45) is 4.99 Å². The van der Waals surface area contributed by atoms with Crippen molar-refractivity contribution in [3.05, 3.63) is 88.1 Å². The Morgan fingerprint density at radius 2 is 1.82 bits per heavy atom. The fraction of sp³-hybridized carbons (Fsp3) is 0. The topological polar surface area (TPSA) is 70.6 Å². The number of amides is 2. The van der Waals surface area contributed by atoms with Crippen molar-refractivity contribution < 1.29 is 14.0 Å². The van der Waals surface area contributed by atoms with Gasteiger partial charge in [-0.15, -0.1) is 0 Å². The van der Waals surface area contributed by atoms with Gasteiger partial charge in [-0.2, -0.15) is 0 Å². The van der Waals surface area contributed by atoms with Gasteiger partial charge in [-0.1, -0.05) is 22.0 Å². The summed E-state index contributed by atoms with van der Waals surface area (Å²) in [5, 5.41) is 5.52. The Morgan fingerprint density at radius 1 is 1.04 bits per heavy atom. The largest absolute Gasteiger partial charge is 0.322 e. The number of benzene rings is 3. The minimum atomic E-state index is -0.406. The lowest BCUT2D eigenvalue weighted by molar-refractivity contribution is -0.110. The summed E-state index contributed by atoms with van der Waals surface area (Å²) in [6.07, 6.45) is 0. The van der Waals surface area contributed by atoms with E-state index in [-0.39, 0.29) is 11.8 Å². The molecule has 0 atom stereocenters. The highest BCUT2D eigenvalue weighted by Gasteiger charge is 2.26. The molecule has 1 aliphatic rings. The van der Waals surface area contributed by atoms with E-state index >= 15 is 0 Å². The highest BCUT2D eigenvalue weighted by atomic mass is 79.9. The molecule has 138 valence electrons. The number of carbonyl (C=O) groups excluding carboxylic acids is 2. The van der Waals surface area contributed by atoms with Crippen LogP contribution in [0.2, 0.25) is 0 Å². The number of nitrogens with zero attached hydrogens (tertiary/aromatic N) is 1. The smallest absolute Gasteiger partial charge is 0.275 e. The summed E-state index contributed by atoms with van der Waals surface area (Å²) < 4.78 is 13.8. The second-order valence-corrected chi connectivity index (χ2v) is 7.03. The normalized spacial score (nSPS) is 13.9. The van der Waals surface area contributed by atoms with Crippen molar-refractivity contribution in [1.29, 1.82) is 0 Å². The van der Waals surface area contributed by atoms with Crippen LogP contribution in [0.4, 0.5) is 21.5 Å². The average Bonchev–Trinajstić information content (AvgIpc) is 2.97. The van der Waals surface area contributed by atoms with Gasteiger partial charge in [0.1, 0.15) is 11.5 Å². The van der Waals surface area contributed by atoms with Crippen LogP contribution in [0, 0.1) is 5.82 Å². The Morgan fingerprint density at radius 3 is 2.61 bits per heavy atom. The van der Waals surface area contributed by atoms with E-state index in [4.69, 9.17) is 0 Å². The van der Waals surface area contributed by atoms with E-state index in [0.717, 1.165) is 4.47 Å². The van der Waals surface area contributed by atoms with Crippen LogP contribution in [0.25, 0.3) is 0 Å². The Bertz CT molecular complexity index is 1130. The molecule has 0 saturated carbocycles. The van der Waals surface area contributed by atoms with E-state index in [1.54, 1.807) is 30.3 Å². The average molecular weight is 438 g/mol. The molecule has 1 aliphatic heterocycles. The molecule has 3 aromatic rings. The van der Waals surface area contributed by atoms with Crippen molar-refractivity contribution >= 4 is 50.5 Å². The molecule has 28 heavy (non-hydrogen) atoms. The fourth-order valence-corrected chi connectivity index (χ4v) is 3.18. The zero-order valence-corrected chi connectivity index (χ0v) is 16.0. The number of anilines is 2. The first kappa shape index (κ1) is 18.1. The van der Waals surface area contributed by atoms with Crippen LogP contribution in [0.3, 0.4) is 0 Å². The third kappa shape index (κ3) is 3.70. The molecule has 0 unspecified atom stereocenters. The van der Waals surface area contributed by atoms with Crippen molar-refractivity contribution in [2.75, 3.05) is 10.6 Å². The Kier molecular flexibility index (Phi) is 4.75. The Hall–Kier alpha value is -3.32. The van der Waals surface area contributed by atoms with Gasteiger partial charge in [0.25, 0.3) is 11.8 Å². The molecule has 2 N–H and O–H groups in total. The lowest BCUT2D eigenvalue weighted by Gasteiger charge is -2.06. The van der Waals surface area contributed by atoms with E-state index < -0.39 is 5.82 Å². The first-order valence-electron chi connectivity index (χ1n) is 8.36. The predicted molar refractivity (Wildman–Crippen MR) is 110 cm³/mol. The van der Waals surface area contributed by atoms with E-state index in [1.807, 2.05) is 12.1 Å². The van der Waals surface area contributed by atoms with Crippen LogP contribution in [0.15, 0.2) is 76.2 Å². The molecule has 5 nitrogen and oxygen atoms in total. The molecular formula is C21H13BrFN3O2. The molecule has 3 aromatic carbocycles. The van der Waals surface area contributed by atoms with Gasteiger partial charge in [0, 0.05) is 21.3 Å².